The molecule has 1 aromatic heterocycles. The third-order valence-electron chi connectivity index (χ3n) is 3.57. The second-order valence-electron chi connectivity index (χ2n) is 6.08. The molecule has 0 atom stereocenters. The smallest absolute Gasteiger partial charge is 0.239 e. The minimum Gasteiger partial charge on any atom is -0.467 e. The number of amides is 2. The van der Waals surface area contributed by atoms with Crippen molar-refractivity contribution in [1.82, 2.24) is 9.80 Å². The molecule has 2 heterocycles. The molecule has 136 valence electrons. The molecule has 0 saturated carbocycles. The summed E-state index contributed by atoms with van der Waals surface area (Å²) in [5.74, 6) is 0.974. The van der Waals surface area contributed by atoms with E-state index in [1.807, 2.05) is 38.4 Å². The van der Waals surface area contributed by atoms with Crippen molar-refractivity contribution in [3.8, 4) is 0 Å². The van der Waals surface area contributed by atoms with Crippen molar-refractivity contribution in [2.75, 3.05) is 31.7 Å². The van der Waals surface area contributed by atoms with Crippen molar-refractivity contribution >= 4 is 40.1 Å². The van der Waals surface area contributed by atoms with Gasteiger partial charge in [0.25, 0.3) is 0 Å². The van der Waals surface area contributed by atoms with Gasteiger partial charge in [-0.25, -0.2) is 4.99 Å². The van der Waals surface area contributed by atoms with Crippen molar-refractivity contribution in [2.45, 2.75) is 6.54 Å². The third kappa shape index (κ3) is 4.74. The van der Waals surface area contributed by atoms with Gasteiger partial charge in [-0.05, 0) is 44.4 Å². The van der Waals surface area contributed by atoms with Gasteiger partial charge in [0.05, 0.1) is 30.8 Å². The number of amidine groups is 1. The Bertz CT molecular complexity index is 818. The Morgan fingerprint density at radius 1 is 1.35 bits per heavy atom. The van der Waals surface area contributed by atoms with Crippen molar-refractivity contribution in [3.63, 3.8) is 0 Å². The van der Waals surface area contributed by atoms with Crippen LogP contribution in [0.15, 0.2) is 52.1 Å². The third-order valence-corrected chi connectivity index (χ3v) is 4.53. The first-order valence-electron chi connectivity index (χ1n) is 8.10. The average molecular weight is 372 g/mol. The standard InChI is InChI=1S/C18H20N4O3S/c1-21(2)11-16(23)19-13-5-3-6-14(9-13)20-18-22(17(24)12-26-18)10-15-7-4-8-25-15/h3-9H,10-12H2,1-2H3,(H,19,23)/b20-18-. The first-order valence-corrected chi connectivity index (χ1v) is 9.09. The van der Waals surface area contributed by atoms with E-state index < -0.39 is 0 Å². The van der Waals surface area contributed by atoms with Gasteiger partial charge in [-0.15, -0.1) is 0 Å². The zero-order valence-electron chi connectivity index (χ0n) is 14.6. The number of furan rings is 1. The number of carbonyl (C=O) groups is 2. The Morgan fingerprint density at radius 2 is 2.19 bits per heavy atom. The van der Waals surface area contributed by atoms with E-state index in [4.69, 9.17) is 4.42 Å². The van der Waals surface area contributed by atoms with Gasteiger partial charge in [0.1, 0.15) is 5.76 Å². The summed E-state index contributed by atoms with van der Waals surface area (Å²) in [6.45, 7) is 0.664. The molecule has 0 radical (unpaired) electrons. The molecule has 2 aromatic rings. The molecule has 1 aromatic carbocycles. The molecule has 1 fully saturated rings. The number of thioether (sulfide) groups is 1. The van der Waals surface area contributed by atoms with Crippen molar-refractivity contribution in [3.05, 3.63) is 48.4 Å². The Kier molecular flexibility index (Phi) is 5.75. The van der Waals surface area contributed by atoms with Gasteiger partial charge in [0, 0.05) is 5.69 Å². The maximum atomic E-state index is 12.1. The molecule has 1 aliphatic rings. The Balaban J connectivity index is 1.74. The lowest BCUT2D eigenvalue weighted by atomic mass is 10.3. The summed E-state index contributed by atoms with van der Waals surface area (Å²) in [6, 6.07) is 10.9. The van der Waals surface area contributed by atoms with Crippen molar-refractivity contribution in [1.29, 1.82) is 0 Å². The van der Waals surface area contributed by atoms with E-state index >= 15 is 0 Å². The fraction of sp³-hybridized carbons (Fsp3) is 0.278. The molecule has 7 nitrogen and oxygen atoms in total. The summed E-state index contributed by atoms with van der Waals surface area (Å²) in [5.41, 5.74) is 1.35. The fourth-order valence-electron chi connectivity index (χ4n) is 2.45. The summed E-state index contributed by atoms with van der Waals surface area (Å²) in [5, 5.41) is 3.47. The Labute approximate surface area is 156 Å². The number of nitrogens with zero attached hydrogens (tertiary/aromatic N) is 3. The van der Waals surface area contributed by atoms with E-state index in [9.17, 15) is 9.59 Å². The molecule has 0 bridgehead atoms. The highest BCUT2D eigenvalue weighted by molar-refractivity contribution is 8.15. The van der Waals surface area contributed by atoms with Gasteiger partial charge >= 0.3 is 0 Å². The lowest BCUT2D eigenvalue weighted by Gasteiger charge is -2.14. The molecular weight excluding hydrogens is 352 g/mol. The summed E-state index contributed by atoms with van der Waals surface area (Å²) in [7, 11) is 3.67. The van der Waals surface area contributed by atoms with Gasteiger partial charge in [-0.3, -0.25) is 14.5 Å². The summed E-state index contributed by atoms with van der Waals surface area (Å²) in [4.78, 5) is 32.0. The fourth-order valence-corrected chi connectivity index (χ4v) is 3.35. The normalized spacial score (nSPS) is 15.9. The molecule has 3 rings (SSSR count). The number of anilines is 1. The van der Waals surface area contributed by atoms with Crippen LogP contribution in [0.4, 0.5) is 11.4 Å². The molecule has 0 unspecified atom stereocenters. The van der Waals surface area contributed by atoms with Crippen LogP contribution in [0.1, 0.15) is 5.76 Å². The zero-order valence-corrected chi connectivity index (χ0v) is 15.5. The number of likely N-dealkylation sites (N-methyl/N-ethyl adjacent to an activating group) is 1. The van der Waals surface area contributed by atoms with E-state index in [0.717, 1.165) is 0 Å². The molecule has 1 N–H and O–H groups in total. The number of nitrogens with one attached hydrogen (secondary N) is 1. The lowest BCUT2D eigenvalue weighted by Crippen LogP contribution is -2.28. The second-order valence-corrected chi connectivity index (χ2v) is 7.02. The summed E-state index contributed by atoms with van der Waals surface area (Å²) < 4.78 is 5.33. The van der Waals surface area contributed by atoms with E-state index in [0.29, 0.717) is 41.1 Å². The first-order chi connectivity index (χ1) is 12.5. The van der Waals surface area contributed by atoms with Crippen LogP contribution >= 0.6 is 11.8 Å². The molecule has 0 aliphatic carbocycles. The van der Waals surface area contributed by atoms with Crippen molar-refractivity contribution < 1.29 is 14.0 Å². The number of aliphatic imine (C=N–C) groups is 1. The van der Waals surface area contributed by atoms with E-state index in [2.05, 4.69) is 10.3 Å². The largest absolute Gasteiger partial charge is 0.467 e. The Hall–Kier alpha value is -2.58. The van der Waals surface area contributed by atoms with Crippen LogP contribution < -0.4 is 5.32 Å². The van der Waals surface area contributed by atoms with Gasteiger partial charge < -0.3 is 14.6 Å². The summed E-state index contributed by atoms with van der Waals surface area (Å²) in [6.07, 6.45) is 1.58. The molecule has 8 heteroatoms. The number of carbonyl (C=O) groups excluding carboxylic acids is 2. The van der Waals surface area contributed by atoms with Gasteiger partial charge in [-0.1, -0.05) is 17.8 Å². The van der Waals surface area contributed by atoms with Crippen LogP contribution in [-0.2, 0) is 16.1 Å². The number of benzene rings is 1. The second kappa shape index (κ2) is 8.20. The van der Waals surface area contributed by atoms with E-state index in [-0.39, 0.29) is 11.8 Å². The average Bonchev–Trinajstić information content (AvgIpc) is 3.20. The minimum atomic E-state index is -0.0929. The first kappa shape index (κ1) is 18.2. The zero-order chi connectivity index (χ0) is 18.5. The van der Waals surface area contributed by atoms with Gasteiger partial charge in [-0.2, -0.15) is 0 Å². The maximum absolute atomic E-state index is 12.1. The topological polar surface area (TPSA) is 78.2 Å². The van der Waals surface area contributed by atoms with E-state index in [1.165, 1.54) is 11.8 Å². The highest BCUT2D eigenvalue weighted by Crippen LogP contribution is 2.26. The van der Waals surface area contributed by atoms with Crippen LogP contribution in [0, 0.1) is 0 Å². The number of hydrogen-bond donors (Lipinski definition) is 1. The highest BCUT2D eigenvalue weighted by atomic mass is 32.2. The van der Waals surface area contributed by atoms with Crippen LogP contribution in [0.25, 0.3) is 0 Å². The van der Waals surface area contributed by atoms with E-state index in [1.54, 1.807) is 28.2 Å². The molecule has 0 spiro atoms. The lowest BCUT2D eigenvalue weighted by molar-refractivity contribution is -0.124. The highest BCUT2D eigenvalue weighted by Gasteiger charge is 2.29. The quantitative estimate of drug-likeness (QED) is 0.843. The minimum absolute atomic E-state index is 0.000547. The van der Waals surface area contributed by atoms with Gasteiger partial charge in [0.2, 0.25) is 11.8 Å². The monoisotopic (exact) mass is 372 g/mol. The number of hydrogen-bond acceptors (Lipinski definition) is 6. The number of rotatable bonds is 6. The Morgan fingerprint density at radius 3 is 2.92 bits per heavy atom. The molecule has 26 heavy (non-hydrogen) atoms. The summed E-state index contributed by atoms with van der Waals surface area (Å²) >= 11 is 1.39. The SMILES string of the molecule is CN(C)CC(=O)Nc1cccc(/N=C2\SCC(=O)N2Cc2ccco2)c1. The predicted octanol–water partition coefficient (Wildman–Crippen LogP) is 2.54. The molecule has 1 saturated heterocycles. The molecule has 1 aliphatic heterocycles. The van der Waals surface area contributed by atoms with Crippen LogP contribution in [0.5, 0.6) is 0 Å². The van der Waals surface area contributed by atoms with Crippen molar-refractivity contribution in [2.24, 2.45) is 4.99 Å². The van der Waals surface area contributed by atoms with Crippen LogP contribution in [0.3, 0.4) is 0 Å². The molecule has 2 amide bonds. The van der Waals surface area contributed by atoms with Gasteiger partial charge in [0.15, 0.2) is 5.17 Å². The molecular formula is C18H20N4O3S. The maximum Gasteiger partial charge on any atom is 0.239 e. The van der Waals surface area contributed by atoms with Crippen LogP contribution in [0.2, 0.25) is 0 Å². The predicted molar refractivity (Wildman–Crippen MR) is 102 cm³/mol. The van der Waals surface area contributed by atoms with Crippen LogP contribution in [-0.4, -0.2) is 53.2 Å².